The van der Waals surface area contributed by atoms with Crippen molar-refractivity contribution in [2.75, 3.05) is 58.5 Å². The van der Waals surface area contributed by atoms with E-state index < -0.39 is 57.5 Å². The van der Waals surface area contributed by atoms with Crippen LogP contribution in [-0.2, 0) is 28.3 Å². The van der Waals surface area contributed by atoms with E-state index in [1.54, 1.807) is 0 Å². The normalized spacial score (nSPS) is 26.0. The molecule has 0 radical (unpaired) electrons. The summed E-state index contributed by atoms with van der Waals surface area (Å²) in [4.78, 5) is 52.0. The molecule has 1 heterocycles. The molecule has 0 amide bonds. The molecule has 2 aliphatic rings. The van der Waals surface area contributed by atoms with Crippen LogP contribution in [0.4, 0.5) is 5.82 Å². The van der Waals surface area contributed by atoms with Gasteiger partial charge in [-0.1, -0.05) is 41.5 Å². The van der Waals surface area contributed by atoms with Gasteiger partial charge in [0.05, 0.1) is 25.4 Å². The van der Waals surface area contributed by atoms with E-state index in [0.717, 1.165) is 4.57 Å². The molecule has 3 rings (SSSR count). The number of aliphatic hydroxyl groups is 2. The molecule has 6 N–H and O–H groups in total. The summed E-state index contributed by atoms with van der Waals surface area (Å²) in [7, 11) is -9.04. The third-order valence-electron chi connectivity index (χ3n) is 7.60. The molecule has 2 fully saturated rings. The summed E-state index contributed by atoms with van der Waals surface area (Å²) in [5, 5.41) is 20.8. The molecule has 1 aromatic rings. The lowest BCUT2D eigenvalue weighted by atomic mass is 10.0. The number of aliphatic hydroxyl groups excluding tert-OH is 2. The van der Waals surface area contributed by atoms with Gasteiger partial charge in [-0.15, -0.1) is 0 Å². The minimum absolute atomic E-state index is 0.140. The Hall–Kier alpha value is -1.26. The topological polar surface area (TPSA) is 216 Å². The molecule has 0 aliphatic heterocycles. The van der Waals surface area contributed by atoms with E-state index in [-0.39, 0.29) is 12.2 Å². The lowest BCUT2D eigenvalue weighted by molar-refractivity contribution is -0.0281. The second-order valence-electron chi connectivity index (χ2n) is 9.75. The number of hydrogen-bond acceptors (Lipinski definition) is 12. The summed E-state index contributed by atoms with van der Waals surface area (Å²) >= 11 is 0. The number of anilines is 1. The Kier molecular flexibility index (Phi) is 16.0. The third kappa shape index (κ3) is 10.7. The zero-order valence-corrected chi connectivity index (χ0v) is 27.3. The summed E-state index contributed by atoms with van der Waals surface area (Å²) in [5.41, 5.74) is 0.497. The van der Waals surface area contributed by atoms with Gasteiger partial charge >= 0.3 is 21.3 Å². The lowest BCUT2D eigenvalue weighted by Gasteiger charge is -2.24. The van der Waals surface area contributed by atoms with E-state index in [0.29, 0.717) is 0 Å². The zero-order chi connectivity index (χ0) is 32.3. The van der Waals surface area contributed by atoms with Crippen molar-refractivity contribution in [1.82, 2.24) is 19.4 Å². The van der Waals surface area contributed by atoms with E-state index in [9.17, 15) is 29.0 Å². The van der Waals surface area contributed by atoms with Crippen LogP contribution in [0, 0.1) is 11.8 Å². The molecular weight excluding hydrogens is 596 g/mol. The predicted molar refractivity (Wildman–Crippen MR) is 157 cm³/mol. The molecule has 246 valence electrons. The fraction of sp³-hybridized carbons (Fsp3) is 0.833. The fourth-order valence-corrected chi connectivity index (χ4v) is 6.74. The first-order valence-corrected chi connectivity index (χ1v) is 17.1. The Morgan fingerprint density at radius 3 is 1.88 bits per heavy atom. The number of fused-ring (bicyclic) bond motifs is 1. The van der Waals surface area contributed by atoms with Gasteiger partial charge in [0.2, 0.25) is 0 Å². The maximum atomic E-state index is 12.3. The Bertz CT molecular complexity index is 1080. The fourth-order valence-electron chi connectivity index (χ4n) is 5.12. The van der Waals surface area contributed by atoms with Crippen LogP contribution in [-0.4, -0.2) is 109 Å². The van der Waals surface area contributed by atoms with Gasteiger partial charge in [0.1, 0.15) is 6.10 Å². The Morgan fingerprint density at radius 2 is 1.50 bits per heavy atom. The van der Waals surface area contributed by atoms with Gasteiger partial charge in [-0.2, -0.15) is 9.29 Å². The average molecular weight is 646 g/mol. The lowest BCUT2D eigenvalue weighted by Crippen LogP contribution is -2.43. The number of hydrogen-bond donors (Lipinski definition) is 6. The van der Waals surface area contributed by atoms with Crippen LogP contribution in [0.5, 0.6) is 0 Å². The zero-order valence-electron chi connectivity index (χ0n) is 25.5. The Labute approximate surface area is 247 Å². The molecular formula is C24H49N5O11P2. The first-order valence-electron chi connectivity index (χ1n) is 14.0. The smallest absolute Gasteiger partial charge is 0.390 e. The standard InChI is InChI=1S/C12H19N3O11P2.2C6H15N/c1-24-14-8-2-3-15(11(18)13-8)12-4-7(12)6(9(16)10(12)17)5-25-28(22,23)26-27(19,20)21;2*1-4-7(5-2)6-3/h2-3,6-7,9-10,16-17H,4-5H2,1H3,(H,22,23)(H,13,14,18)(H2,19,20,21);2*4-6H2,1-3H3/t6-,7-,9+,10+,12+;;/m0../s1. The van der Waals surface area contributed by atoms with Gasteiger partial charge in [-0.25, -0.2) is 19.4 Å². The minimum Gasteiger partial charge on any atom is -0.390 e. The highest BCUT2D eigenvalue weighted by molar-refractivity contribution is 7.60. The molecule has 1 aromatic heterocycles. The van der Waals surface area contributed by atoms with Crippen molar-refractivity contribution in [2.24, 2.45) is 11.8 Å². The molecule has 2 saturated carbocycles. The van der Waals surface area contributed by atoms with Crippen LogP contribution in [0.1, 0.15) is 48.0 Å². The summed E-state index contributed by atoms with van der Waals surface area (Å²) in [6.45, 7) is 19.6. The summed E-state index contributed by atoms with van der Waals surface area (Å²) in [6.07, 6.45) is -1.19. The monoisotopic (exact) mass is 645 g/mol. The molecule has 2 aliphatic carbocycles. The number of phosphoric acid groups is 2. The summed E-state index contributed by atoms with van der Waals surface area (Å²) in [6, 6.07) is 1.42. The van der Waals surface area contributed by atoms with Crippen molar-refractivity contribution in [3.63, 3.8) is 0 Å². The van der Waals surface area contributed by atoms with Crippen LogP contribution >= 0.6 is 15.6 Å². The molecule has 16 nitrogen and oxygen atoms in total. The Morgan fingerprint density at radius 1 is 1.00 bits per heavy atom. The number of rotatable bonds is 14. The number of nitrogens with one attached hydrogen (secondary N) is 1. The van der Waals surface area contributed by atoms with Gasteiger partial charge in [0, 0.05) is 12.1 Å². The first-order chi connectivity index (χ1) is 19.6. The molecule has 0 saturated heterocycles. The van der Waals surface area contributed by atoms with E-state index in [2.05, 4.69) is 75.5 Å². The van der Waals surface area contributed by atoms with Crippen LogP contribution in [0.25, 0.3) is 0 Å². The quantitative estimate of drug-likeness (QED) is 0.124. The van der Waals surface area contributed by atoms with Crippen LogP contribution in [0.3, 0.4) is 0 Å². The molecule has 6 atom stereocenters. The van der Waals surface area contributed by atoms with E-state index in [4.69, 9.17) is 9.79 Å². The molecule has 0 bridgehead atoms. The molecule has 18 heteroatoms. The van der Waals surface area contributed by atoms with Crippen LogP contribution < -0.4 is 11.2 Å². The van der Waals surface area contributed by atoms with E-state index in [1.807, 2.05) is 0 Å². The predicted octanol–water partition coefficient (Wildman–Crippen LogP) is 1.21. The molecule has 0 aromatic carbocycles. The maximum Gasteiger partial charge on any atom is 0.481 e. The second-order valence-corrected chi connectivity index (χ2v) is 12.6. The molecule has 1 unspecified atom stereocenters. The maximum absolute atomic E-state index is 12.3. The number of nitrogens with zero attached hydrogens (tertiary/aromatic N) is 4. The largest absolute Gasteiger partial charge is 0.481 e. The highest BCUT2D eigenvalue weighted by atomic mass is 31.3. The highest BCUT2D eigenvalue weighted by Crippen LogP contribution is 2.65. The highest BCUT2D eigenvalue weighted by Gasteiger charge is 2.72. The minimum atomic E-state index is -5.28. The molecule has 42 heavy (non-hydrogen) atoms. The van der Waals surface area contributed by atoms with Crippen molar-refractivity contribution in [3.8, 4) is 0 Å². The van der Waals surface area contributed by atoms with Crippen molar-refractivity contribution >= 4 is 21.5 Å². The number of phosphoric ester groups is 1. The first kappa shape index (κ1) is 38.8. The summed E-state index contributed by atoms with van der Waals surface area (Å²) in [5.74, 6) is -1.26. The van der Waals surface area contributed by atoms with Crippen molar-refractivity contribution in [2.45, 2.75) is 65.7 Å². The average Bonchev–Trinajstić information content (AvgIpc) is 3.61. The van der Waals surface area contributed by atoms with E-state index in [1.165, 1.54) is 58.6 Å². The Balaban J connectivity index is 0.000000522. The van der Waals surface area contributed by atoms with Gasteiger partial charge in [0.15, 0.2) is 5.82 Å². The van der Waals surface area contributed by atoms with Crippen molar-refractivity contribution in [1.29, 1.82) is 0 Å². The third-order valence-corrected chi connectivity index (χ3v) is 9.75. The second kappa shape index (κ2) is 17.3. The van der Waals surface area contributed by atoms with Gasteiger partial charge in [-0.05, 0) is 57.7 Å². The SMILES string of the molecule is CCN(CC)CC.CCN(CC)CC.CONc1ccn([C@]23C[C@H]2[C@H](COP(=O)(O)OP(=O)(O)O)[C@@H](O)[C@H]3O)c(=O)n1. The van der Waals surface area contributed by atoms with Crippen LogP contribution in [0.15, 0.2) is 17.1 Å². The van der Waals surface area contributed by atoms with Gasteiger partial charge < -0.3 is 34.7 Å². The van der Waals surface area contributed by atoms with Gasteiger partial charge in [0.25, 0.3) is 0 Å². The summed E-state index contributed by atoms with van der Waals surface area (Å²) < 4.78 is 31.7. The van der Waals surface area contributed by atoms with Crippen molar-refractivity contribution < 1.29 is 47.7 Å². The van der Waals surface area contributed by atoms with E-state index >= 15 is 0 Å². The number of aromatic nitrogens is 2. The van der Waals surface area contributed by atoms with Gasteiger partial charge in [-0.3, -0.25) is 13.9 Å². The van der Waals surface area contributed by atoms with Crippen LogP contribution in [0.2, 0.25) is 0 Å². The molecule has 0 spiro atoms. The van der Waals surface area contributed by atoms with Crippen molar-refractivity contribution in [3.05, 3.63) is 22.7 Å².